The standard InChI is InChI=1S/C20H26N6O/c1-16-25-18-8-3-4-9-19(18)26(16)13-6-11-23-20(21-2)24-12-14-27-17-7-5-10-22-15-17/h3-5,7-10,15H,6,11-14H2,1-2H3,(H2,21,23,24). The van der Waals surface area contributed by atoms with Crippen LogP contribution < -0.4 is 15.4 Å². The number of aromatic nitrogens is 3. The Bertz CT molecular complexity index is 875. The third-order valence-corrected chi connectivity index (χ3v) is 4.22. The molecule has 2 N–H and O–H groups in total. The minimum Gasteiger partial charge on any atom is -0.490 e. The molecule has 0 aliphatic rings. The molecule has 0 aliphatic heterocycles. The largest absolute Gasteiger partial charge is 0.490 e. The lowest BCUT2D eigenvalue weighted by Crippen LogP contribution is -2.39. The number of pyridine rings is 1. The Morgan fingerprint density at radius 2 is 2.00 bits per heavy atom. The van der Waals surface area contributed by atoms with E-state index in [9.17, 15) is 0 Å². The Morgan fingerprint density at radius 3 is 2.81 bits per heavy atom. The molecule has 0 aliphatic carbocycles. The van der Waals surface area contributed by atoms with Gasteiger partial charge in [0.15, 0.2) is 5.96 Å². The third kappa shape index (κ3) is 5.20. The zero-order valence-electron chi connectivity index (χ0n) is 15.9. The smallest absolute Gasteiger partial charge is 0.191 e. The van der Waals surface area contributed by atoms with Crippen molar-refractivity contribution in [3.8, 4) is 5.75 Å². The first-order valence-corrected chi connectivity index (χ1v) is 9.17. The minimum atomic E-state index is 0.548. The summed E-state index contributed by atoms with van der Waals surface area (Å²) in [5.74, 6) is 2.59. The Morgan fingerprint density at radius 1 is 1.15 bits per heavy atom. The normalized spacial score (nSPS) is 11.6. The molecule has 142 valence electrons. The number of aliphatic imine (C=N–C) groups is 1. The molecule has 0 unspecified atom stereocenters. The predicted octanol–water partition coefficient (Wildman–Crippen LogP) is 2.37. The highest BCUT2D eigenvalue weighted by molar-refractivity contribution is 5.79. The van der Waals surface area contributed by atoms with E-state index >= 15 is 0 Å². The number of nitrogens with one attached hydrogen (secondary N) is 2. The van der Waals surface area contributed by atoms with Crippen molar-refractivity contribution in [2.75, 3.05) is 26.7 Å². The van der Waals surface area contributed by atoms with E-state index in [1.165, 1.54) is 5.52 Å². The number of para-hydroxylation sites is 2. The van der Waals surface area contributed by atoms with Crippen LogP contribution in [0.15, 0.2) is 53.8 Å². The van der Waals surface area contributed by atoms with Crippen molar-refractivity contribution in [3.05, 3.63) is 54.6 Å². The molecule has 3 rings (SSSR count). The fraction of sp³-hybridized carbons (Fsp3) is 0.350. The first kappa shape index (κ1) is 18.7. The van der Waals surface area contributed by atoms with E-state index in [1.54, 1.807) is 19.4 Å². The predicted molar refractivity (Wildman–Crippen MR) is 108 cm³/mol. The van der Waals surface area contributed by atoms with Gasteiger partial charge in [-0.25, -0.2) is 4.98 Å². The van der Waals surface area contributed by atoms with Crippen LogP contribution in [0.25, 0.3) is 11.0 Å². The van der Waals surface area contributed by atoms with Crippen LogP contribution in [-0.2, 0) is 6.54 Å². The van der Waals surface area contributed by atoms with Gasteiger partial charge >= 0.3 is 0 Å². The summed E-state index contributed by atoms with van der Waals surface area (Å²) in [7, 11) is 1.77. The molecule has 0 bridgehead atoms. The molecular formula is C20H26N6O. The molecule has 7 nitrogen and oxygen atoms in total. The molecule has 0 radical (unpaired) electrons. The molecule has 0 spiro atoms. The molecule has 0 atom stereocenters. The van der Waals surface area contributed by atoms with E-state index in [4.69, 9.17) is 4.74 Å². The zero-order chi connectivity index (χ0) is 18.9. The van der Waals surface area contributed by atoms with Gasteiger partial charge in [0.05, 0.1) is 23.8 Å². The summed E-state index contributed by atoms with van der Waals surface area (Å²) in [4.78, 5) is 12.9. The second-order valence-corrected chi connectivity index (χ2v) is 6.12. The molecule has 27 heavy (non-hydrogen) atoms. The van der Waals surface area contributed by atoms with Crippen molar-refractivity contribution in [2.24, 2.45) is 4.99 Å². The Kier molecular flexibility index (Phi) is 6.62. The van der Waals surface area contributed by atoms with Crippen LogP contribution >= 0.6 is 0 Å². The molecule has 0 saturated heterocycles. The number of ether oxygens (including phenoxy) is 1. The van der Waals surface area contributed by atoms with Crippen LogP contribution in [0.2, 0.25) is 0 Å². The summed E-state index contributed by atoms with van der Waals surface area (Å²) in [6.45, 7) is 5.01. The molecule has 0 saturated carbocycles. The molecular weight excluding hydrogens is 340 g/mol. The lowest BCUT2D eigenvalue weighted by atomic mass is 10.3. The number of benzene rings is 1. The topological polar surface area (TPSA) is 76.4 Å². The average Bonchev–Trinajstić information content (AvgIpc) is 3.02. The molecule has 1 aromatic carbocycles. The zero-order valence-corrected chi connectivity index (χ0v) is 15.9. The van der Waals surface area contributed by atoms with Gasteiger partial charge in [-0.15, -0.1) is 0 Å². The van der Waals surface area contributed by atoms with Crippen molar-refractivity contribution in [3.63, 3.8) is 0 Å². The molecule has 0 amide bonds. The first-order chi connectivity index (χ1) is 13.3. The quantitative estimate of drug-likeness (QED) is 0.364. The summed E-state index contributed by atoms with van der Waals surface area (Å²) >= 11 is 0. The average molecular weight is 366 g/mol. The number of rotatable bonds is 8. The highest BCUT2D eigenvalue weighted by atomic mass is 16.5. The van der Waals surface area contributed by atoms with Gasteiger partial charge in [-0.2, -0.15) is 0 Å². The number of fused-ring (bicyclic) bond motifs is 1. The Hall–Kier alpha value is -3.09. The summed E-state index contributed by atoms with van der Waals surface area (Å²) in [6, 6.07) is 12.0. The summed E-state index contributed by atoms with van der Waals surface area (Å²) in [5, 5.41) is 6.58. The van der Waals surface area contributed by atoms with E-state index in [-0.39, 0.29) is 0 Å². The van der Waals surface area contributed by atoms with Gasteiger partial charge in [-0.3, -0.25) is 9.98 Å². The maximum absolute atomic E-state index is 5.61. The van der Waals surface area contributed by atoms with E-state index in [0.29, 0.717) is 13.2 Å². The lowest BCUT2D eigenvalue weighted by Gasteiger charge is -2.13. The van der Waals surface area contributed by atoms with E-state index < -0.39 is 0 Å². The monoisotopic (exact) mass is 366 g/mol. The fourth-order valence-electron chi connectivity index (χ4n) is 2.91. The lowest BCUT2D eigenvalue weighted by molar-refractivity contribution is 0.320. The summed E-state index contributed by atoms with van der Waals surface area (Å²) < 4.78 is 7.87. The van der Waals surface area contributed by atoms with Gasteiger partial charge in [0.1, 0.15) is 18.2 Å². The maximum atomic E-state index is 5.61. The third-order valence-electron chi connectivity index (χ3n) is 4.22. The first-order valence-electron chi connectivity index (χ1n) is 9.17. The second kappa shape index (κ2) is 9.56. The number of imidazole rings is 1. The van der Waals surface area contributed by atoms with E-state index in [1.807, 2.05) is 18.2 Å². The number of hydrogen-bond acceptors (Lipinski definition) is 4. The van der Waals surface area contributed by atoms with Crippen molar-refractivity contribution >= 4 is 17.0 Å². The van der Waals surface area contributed by atoms with Crippen molar-refractivity contribution < 1.29 is 4.74 Å². The minimum absolute atomic E-state index is 0.548. The second-order valence-electron chi connectivity index (χ2n) is 6.12. The SMILES string of the molecule is CN=C(NCCCn1c(C)nc2ccccc21)NCCOc1cccnc1. The van der Waals surface area contributed by atoms with Crippen LogP contribution in [0.4, 0.5) is 0 Å². The van der Waals surface area contributed by atoms with E-state index in [2.05, 4.69) is 55.3 Å². The molecule has 2 aromatic heterocycles. The Balaban J connectivity index is 1.37. The van der Waals surface area contributed by atoms with Crippen LogP contribution in [0.5, 0.6) is 5.75 Å². The van der Waals surface area contributed by atoms with Crippen LogP contribution in [0.1, 0.15) is 12.2 Å². The van der Waals surface area contributed by atoms with Crippen molar-refractivity contribution in [1.82, 2.24) is 25.2 Å². The highest BCUT2D eigenvalue weighted by Gasteiger charge is 2.06. The van der Waals surface area contributed by atoms with Gasteiger partial charge in [-0.1, -0.05) is 12.1 Å². The number of nitrogens with zero attached hydrogens (tertiary/aromatic N) is 4. The number of guanidine groups is 1. The van der Waals surface area contributed by atoms with Crippen molar-refractivity contribution in [2.45, 2.75) is 19.9 Å². The van der Waals surface area contributed by atoms with Gasteiger partial charge in [0.25, 0.3) is 0 Å². The van der Waals surface area contributed by atoms with Crippen LogP contribution in [0, 0.1) is 6.92 Å². The van der Waals surface area contributed by atoms with Gasteiger partial charge in [0, 0.05) is 26.3 Å². The number of hydrogen-bond donors (Lipinski definition) is 2. The molecule has 3 aromatic rings. The summed E-state index contributed by atoms with van der Waals surface area (Å²) in [6.07, 6.45) is 4.41. The fourth-order valence-corrected chi connectivity index (χ4v) is 2.91. The summed E-state index contributed by atoms with van der Waals surface area (Å²) in [5.41, 5.74) is 2.24. The Labute approximate surface area is 159 Å². The molecule has 0 fully saturated rings. The van der Waals surface area contributed by atoms with Gasteiger partial charge < -0.3 is 19.9 Å². The highest BCUT2D eigenvalue weighted by Crippen LogP contribution is 2.15. The number of aryl methyl sites for hydroxylation is 2. The molecule has 2 heterocycles. The molecule has 7 heteroatoms. The van der Waals surface area contributed by atoms with Crippen LogP contribution in [0.3, 0.4) is 0 Å². The maximum Gasteiger partial charge on any atom is 0.191 e. The van der Waals surface area contributed by atoms with Gasteiger partial charge in [0.2, 0.25) is 0 Å². The van der Waals surface area contributed by atoms with Crippen molar-refractivity contribution in [1.29, 1.82) is 0 Å². The van der Waals surface area contributed by atoms with E-state index in [0.717, 1.165) is 42.6 Å². The van der Waals surface area contributed by atoms with Crippen LogP contribution in [-0.4, -0.2) is 47.2 Å². The van der Waals surface area contributed by atoms with Gasteiger partial charge in [-0.05, 0) is 37.6 Å².